The van der Waals surface area contributed by atoms with Crippen LogP contribution in [0.15, 0.2) is 53.0 Å². The number of halogens is 1. The summed E-state index contributed by atoms with van der Waals surface area (Å²) in [6.45, 7) is 1.75. The summed E-state index contributed by atoms with van der Waals surface area (Å²) in [5.41, 5.74) is 1.24. The van der Waals surface area contributed by atoms with Crippen LogP contribution < -0.4 is 4.74 Å². The van der Waals surface area contributed by atoms with Gasteiger partial charge in [0, 0.05) is 0 Å². The molecule has 0 radical (unpaired) electrons. The normalized spacial score (nSPS) is 11.5. The Balaban J connectivity index is 2.06. The lowest BCUT2D eigenvalue weighted by Gasteiger charge is -2.14. The molecule has 0 fully saturated rings. The molecule has 0 aliphatic heterocycles. The van der Waals surface area contributed by atoms with Crippen molar-refractivity contribution in [1.29, 1.82) is 0 Å². The number of hydrogen-bond donors (Lipinski definition) is 0. The molecule has 0 aromatic heterocycles. The number of methoxy groups -OCH3 is 1. The van der Waals surface area contributed by atoms with Gasteiger partial charge in [0.15, 0.2) is 6.10 Å². The summed E-state index contributed by atoms with van der Waals surface area (Å²) in [6, 6.07) is 14.2. The number of benzene rings is 2. The average Bonchev–Trinajstić information content (AvgIpc) is 2.61. The second-order valence-corrected chi connectivity index (χ2v) is 5.84. The minimum Gasteiger partial charge on any atom is -0.478 e. The van der Waals surface area contributed by atoms with Gasteiger partial charge in [0.1, 0.15) is 12.4 Å². The van der Waals surface area contributed by atoms with Crippen LogP contribution in [-0.4, -0.2) is 25.2 Å². The SMILES string of the molecule is COC(=O)C(C)Oc1cc(C(=O)OCc2ccccc2)ccc1Br. The van der Waals surface area contributed by atoms with E-state index in [0.717, 1.165) is 5.56 Å². The highest BCUT2D eigenvalue weighted by atomic mass is 79.9. The molecule has 24 heavy (non-hydrogen) atoms. The zero-order valence-electron chi connectivity index (χ0n) is 13.3. The largest absolute Gasteiger partial charge is 0.478 e. The molecule has 0 N–H and O–H groups in total. The Morgan fingerprint density at radius 3 is 2.50 bits per heavy atom. The standard InChI is InChI=1S/C18H17BrO5/c1-12(17(20)22-2)24-16-10-14(8-9-15(16)19)18(21)23-11-13-6-4-3-5-7-13/h3-10,12H,11H2,1-2H3. The van der Waals surface area contributed by atoms with Crippen LogP contribution >= 0.6 is 15.9 Å². The van der Waals surface area contributed by atoms with E-state index in [2.05, 4.69) is 20.7 Å². The van der Waals surface area contributed by atoms with Crippen LogP contribution in [-0.2, 0) is 20.9 Å². The minimum absolute atomic E-state index is 0.185. The van der Waals surface area contributed by atoms with Crippen molar-refractivity contribution < 1.29 is 23.8 Å². The lowest BCUT2D eigenvalue weighted by molar-refractivity contribution is -0.147. The monoisotopic (exact) mass is 392 g/mol. The van der Waals surface area contributed by atoms with Gasteiger partial charge in [0.2, 0.25) is 0 Å². The molecule has 126 valence electrons. The molecule has 2 aromatic carbocycles. The Kier molecular flexibility index (Phi) is 6.37. The van der Waals surface area contributed by atoms with Crippen molar-refractivity contribution in [2.24, 2.45) is 0 Å². The maximum Gasteiger partial charge on any atom is 0.346 e. The van der Waals surface area contributed by atoms with E-state index >= 15 is 0 Å². The molecule has 0 heterocycles. The Morgan fingerprint density at radius 1 is 1.12 bits per heavy atom. The van der Waals surface area contributed by atoms with Gasteiger partial charge in [0.05, 0.1) is 17.1 Å². The second-order valence-electron chi connectivity index (χ2n) is 4.99. The van der Waals surface area contributed by atoms with Crippen molar-refractivity contribution in [3.63, 3.8) is 0 Å². The topological polar surface area (TPSA) is 61.8 Å². The summed E-state index contributed by atoms with van der Waals surface area (Å²) in [6.07, 6.45) is -0.790. The van der Waals surface area contributed by atoms with Crippen LogP contribution in [0, 0.1) is 0 Å². The molecule has 0 amide bonds. The third-order valence-corrected chi connectivity index (χ3v) is 3.87. The predicted molar refractivity (Wildman–Crippen MR) is 91.8 cm³/mol. The molecule has 2 rings (SSSR count). The molecule has 0 saturated carbocycles. The summed E-state index contributed by atoms with van der Waals surface area (Å²) in [5, 5.41) is 0. The highest BCUT2D eigenvalue weighted by Gasteiger charge is 2.18. The molecule has 1 atom stereocenters. The van der Waals surface area contributed by atoms with Gasteiger partial charge in [-0.3, -0.25) is 0 Å². The number of carbonyl (C=O) groups is 2. The molecular weight excluding hydrogens is 376 g/mol. The van der Waals surface area contributed by atoms with E-state index in [-0.39, 0.29) is 6.61 Å². The van der Waals surface area contributed by atoms with Gasteiger partial charge in [-0.25, -0.2) is 9.59 Å². The van der Waals surface area contributed by atoms with E-state index < -0.39 is 18.0 Å². The Bertz CT molecular complexity index is 715. The fraction of sp³-hybridized carbons (Fsp3) is 0.222. The van der Waals surface area contributed by atoms with Crippen molar-refractivity contribution in [1.82, 2.24) is 0 Å². The van der Waals surface area contributed by atoms with Gasteiger partial charge in [-0.2, -0.15) is 0 Å². The third-order valence-electron chi connectivity index (χ3n) is 3.22. The predicted octanol–water partition coefficient (Wildman–Crippen LogP) is 3.75. The van der Waals surface area contributed by atoms with E-state index in [1.807, 2.05) is 30.3 Å². The van der Waals surface area contributed by atoms with Gasteiger partial charge >= 0.3 is 11.9 Å². The second kappa shape index (κ2) is 8.49. The number of hydrogen-bond acceptors (Lipinski definition) is 5. The Hall–Kier alpha value is -2.34. The van der Waals surface area contributed by atoms with Crippen molar-refractivity contribution in [2.75, 3.05) is 7.11 Å². The van der Waals surface area contributed by atoms with Crippen molar-refractivity contribution in [3.05, 3.63) is 64.1 Å². The van der Waals surface area contributed by atoms with Crippen LogP contribution in [0.1, 0.15) is 22.8 Å². The smallest absolute Gasteiger partial charge is 0.346 e. The van der Waals surface area contributed by atoms with Crippen LogP contribution in [0.2, 0.25) is 0 Å². The number of carbonyl (C=O) groups excluding carboxylic acids is 2. The van der Waals surface area contributed by atoms with Gasteiger partial charge in [-0.05, 0) is 46.6 Å². The van der Waals surface area contributed by atoms with E-state index in [1.165, 1.54) is 13.2 Å². The quantitative estimate of drug-likeness (QED) is 0.700. The number of rotatable bonds is 6. The van der Waals surface area contributed by atoms with Crippen molar-refractivity contribution >= 4 is 27.9 Å². The summed E-state index contributed by atoms with van der Waals surface area (Å²) < 4.78 is 16.0. The summed E-state index contributed by atoms with van der Waals surface area (Å²) in [4.78, 5) is 23.6. The van der Waals surface area contributed by atoms with E-state index in [9.17, 15) is 9.59 Å². The van der Waals surface area contributed by atoms with Gasteiger partial charge in [-0.15, -0.1) is 0 Å². The molecule has 0 aliphatic rings. The van der Waals surface area contributed by atoms with Gasteiger partial charge in [0.25, 0.3) is 0 Å². The van der Waals surface area contributed by atoms with E-state index in [1.54, 1.807) is 19.1 Å². The number of esters is 2. The molecule has 2 aromatic rings. The highest BCUT2D eigenvalue weighted by Crippen LogP contribution is 2.27. The van der Waals surface area contributed by atoms with Gasteiger partial charge in [-0.1, -0.05) is 30.3 Å². The van der Waals surface area contributed by atoms with E-state index in [4.69, 9.17) is 9.47 Å². The minimum atomic E-state index is -0.790. The summed E-state index contributed by atoms with van der Waals surface area (Å²) >= 11 is 3.33. The first-order valence-electron chi connectivity index (χ1n) is 7.26. The summed E-state index contributed by atoms with van der Waals surface area (Å²) in [5.74, 6) is -0.608. The first kappa shape index (κ1) is 18.0. The molecule has 0 bridgehead atoms. The highest BCUT2D eigenvalue weighted by molar-refractivity contribution is 9.10. The molecule has 5 nitrogen and oxygen atoms in total. The maximum absolute atomic E-state index is 12.2. The third kappa shape index (κ3) is 4.83. The van der Waals surface area contributed by atoms with E-state index in [0.29, 0.717) is 15.8 Å². The molecule has 6 heteroatoms. The molecule has 1 unspecified atom stereocenters. The maximum atomic E-state index is 12.2. The average molecular weight is 393 g/mol. The molecule has 0 spiro atoms. The Labute approximate surface area is 148 Å². The fourth-order valence-corrected chi connectivity index (χ4v) is 2.27. The van der Waals surface area contributed by atoms with Crippen molar-refractivity contribution in [2.45, 2.75) is 19.6 Å². The van der Waals surface area contributed by atoms with Crippen LogP contribution in [0.5, 0.6) is 5.75 Å². The van der Waals surface area contributed by atoms with Gasteiger partial charge < -0.3 is 14.2 Å². The lowest BCUT2D eigenvalue weighted by atomic mass is 10.2. The van der Waals surface area contributed by atoms with Crippen LogP contribution in [0.3, 0.4) is 0 Å². The fourth-order valence-electron chi connectivity index (χ4n) is 1.93. The zero-order chi connectivity index (χ0) is 17.5. The summed E-state index contributed by atoms with van der Waals surface area (Å²) in [7, 11) is 1.29. The number of ether oxygens (including phenoxy) is 3. The first-order chi connectivity index (χ1) is 11.5. The molecular formula is C18H17BrO5. The zero-order valence-corrected chi connectivity index (χ0v) is 14.9. The molecule has 0 saturated heterocycles. The van der Waals surface area contributed by atoms with Crippen LogP contribution in [0.25, 0.3) is 0 Å². The Morgan fingerprint density at radius 2 is 1.83 bits per heavy atom. The van der Waals surface area contributed by atoms with Crippen LogP contribution in [0.4, 0.5) is 0 Å². The first-order valence-corrected chi connectivity index (χ1v) is 8.05. The molecule has 0 aliphatic carbocycles. The lowest BCUT2D eigenvalue weighted by Crippen LogP contribution is -2.25. The van der Waals surface area contributed by atoms with Crippen molar-refractivity contribution in [3.8, 4) is 5.75 Å².